The molecule has 3 rings (SSSR count). The number of ether oxygens (including phenoxy) is 1. The Hall–Kier alpha value is -3.41. The molecule has 2 atom stereocenters. The Balaban J connectivity index is 1.49. The number of aryl methyl sites for hydroxylation is 1. The molecule has 7 nitrogen and oxygen atoms in total. The number of primary amides is 1. The highest BCUT2D eigenvalue weighted by Gasteiger charge is 2.44. The van der Waals surface area contributed by atoms with Crippen LogP contribution in [0.5, 0.6) is 5.75 Å². The minimum Gasteiger partial charge on any atom is -0.493 e. The van der Waals surface area contributed by atoms with Gasteiger partial charge in [0.2, 0.25) is 11.8 Å². The molecule has 1 saturated carbocycles. The fourth-order valence-electron chi connectivity index (χ4n) is 5.49. The number of halogens is 1. The standard InChI is InChI=1S/C35H48FN3O4/c1-4-8-27(15-19-39(18-5-2)34(42)14-13-33(37)41)25-43-32-22-28(21-30(36)23-32)11-12-31(40)24-38-35(16-17-35)29-10-7-9-26(6-3)20-29/h3,7,9-10,20-23,27,31,38,40H,4-5,8,11-19,24-25H2,1-2H3,(H2,37,41)/t27?,31-/m0/s1. The zero-order chi connectivity index (χ0) is 31.2. The average molecular weight is 594 g/mol. The number of carbonyl (C=O) groups is 2. The number of amides is 2. The van der Waals surface area contributed by atoms with Crippen molar-refractivity contribution >= 4 is 11.8 Å². The number of hydrogen-bond donors (Lipinski definition) is 3. The van der Waals surface area contributed by atoms with Crippen LogP contribution >= 0.6 is 0 Å². The smallest absolute Gasteiger partial charge is 0.223 e. The zero-order valence-electron chi connectivity index (χ0n) is 25.7. The van der Waals surface area contributed by atoms with Crippen molar-refractivity contribution in [1.29, 1.82) is 0 Å². The number of aliphatic hydroxyl groups excluding tert-OH is 1. The molecule has 2 aromatic rings. The van der Waals surface area contributed by atoms with E-state index in [2.05, 4.69) is 24.2 Å². The van der Waals surface area contributed by atoms with Crippen LogP contribution < -0.4 is 15.8 Å². The quantitative estimate of drug-likeness (QED) is 0.186. The van der Waals surface area contributed by atoms with Crippen molar-refractivity contribution < 1.29 is 23.8 Å². The van der Waals surface area contributed by atoms with Gasteiger partial charge in [0.15, 0.2) is 0 Å². The van der Waals surface area contributed by atoms with Gasteiger partial charge in [0, 0.05) is 49.6 Å². The molecule has 2 aromatic carbocycles. The summed E-state index contributed by atoms with van der Waals surface area (Å²) in [6, 6.07) is 12.7. The molecule has 0 radical (unpaired) electrons. The number of rotatable bonds is 20. The van der Waals surface area contributed by atoms with Gasteiger partial charge in [-0.25, -0.2) is 4.39 Å². The Morgan fingerprint density at radius 1 is 1.12 bits per heavy atom. The van der Waals surface area contributed by atoms with Gasteiger partial charge in [0.25, 0.3) is 0 Å². The number of aliphatic hydroxyl groups is 1. The fourth-order valence-corrected chi connectivity index (χ4v) is 5.49. The van der Waals surface area contributed by atoms with E-state index < -0.39 is 12.0 Å². The van der Waals surface area contributed by atoms with Crippen LogP contribution in [0.25, 0.3) is 0 Å². The summed E-state index contributed by atoms with van der Waals surface area (Å²) in [5.41, 5.74) is 7.86. The van der Waals surface area contributed by atoms with E-state index in [4.69, 9.17) is 16.9 Å². The van der Waals surface area contributed by atoms with E-state index in [1.165, 1.54) is 12.1 Å². The third-order valence-electron chi connectivity index (χ3n) is 8.13. The summed E-state index contributed by atoms with van der Waals surface area (Å²) in [4.78, 5) is 25.5. The maximum absolute atomic E-state index is 14.5. The van der Waals surface area contributed by atoms with Crippen LogP contribution in [-0.4, -0.2) is 54.2 Å². The molecule has 0 aliphatic heterocycles. The van der Waals surface area contributed by atoms with E-state index in [-0.39, 0.29) is 36.0 Å². The van der Waals surface area contributed by atoms with Gasteiger partial charge in [-0.3, -0.25) is 9.59 Å². The first-order valence-electron chi connectivity index (χ1n) is 15.7. The summed E-state index contributed by atoms with van der Waals surface area (Å²) in [5, 5.41) is 14.2. The zero-order valence-corrected chi connectivity index (χ0v) is 25.7. The van der Waals surface area contributed by atoms with Crippen molar-refractivity contribution in [3.8, 4) is 18.1 Å². The van der Waals surface area contributed by atoms with Gasteiger partial charge < -0.3 is 25.8 Å². The number of carbonyl (C=O) groups excluding carboxylic acids is 2. The lowest BCUT2D eigenvalue weighted by atomic mass is 10.00. The molecule has 8 heteroatoms. The molecule has 0 heterocycles. The minimum atomic E-state index is -0.577. The van der Waals surface area contributed by atoms with Crippen LogP contribution in [0, 0.1) is 24.1 Å². The highest BCUT2D eigenvalue weighted by Crippen LogP contribution is 2.45. The number of nitrogens with one attached hydrogen (secondary N) is 1. The monoisotopic (exact) mass is 593 g/mol. The first-order valence-corrected chi connectivity index (χ1v) is 15.7. The van der Waals surface area contributed by atoms with Crippen molar-refractivity contribution in [3.05, 3.63) is 65.0 Å². The maximum atomic E-state index is 14.5. The first-order chi connectivity index (χ1) is 20.7. The number of hydrogen-bond acceptors (Lipinski definition) is 5. The number of terminal acetylenes is 1. The Bertz CT molecular complexity index is 1240. The van der Waals surface area contributed by atoms with Crippen LogP contribution in [0.15, 0.2) is 42.5 Å². The third-order valence-corrected chi connectivity index (χ3v) is 8.13. The highest BCUT2D eigenvalue weighted by molar-refractivity contribution is 5.82. The third kappa shape index (κ3) is 11.3. The average Bonchev–Trinajstić information content (AvgIpc) is 3.79. The van der Waals surface area contributed by atoms with E-state index in [0.29, 0.717) is 44.8 Å². The topological polar surface area (TPSA) is 105 Å². The predicted molar refractivity (Wildman–Crippen MR) is 168 cm³/mol. The second kappa shape index (κ2) is 17.0. The molecule has 43 heavy (non-hydrogen) atoms. The van der Waals surface area contributed by atoms with Crippen LogP contribution in [0.2, 0.25) is 0 Å². The lowest BCUT2D eigenvalue weighted by Crippen LogP contribution is -2.36. The SMILES string of the molecule is C#Cc1cccc(C2(NC[C@@H](O)CCc3cc(F)cc(OCC(CCC)CCN(CCC)C(=O)CCC(N)=O)c3)CC2)c1. The summed E-state index contributed by atoms with van der Waals surface area (Å²) in [7, 11) is 0. The summed E-state index contributed by atoms with van der Waals surface area (Å²) in [5.74, 6) is 2.45. The van der Waals surface area contributed by atoms with Crippen molar-refractivity contribution in [3.63, 3.8) is 0 Å². The molecule has 0 aromatic heterocycles. The van der Waals surface area contributed by atoms with E-state index in [1.54, 1.807) is 4.90 Å². The molecule has 234 valence electrons. The summed E-state index contributed by atoms with van der Waals surface area (Å²) in [6.07, 6.45) is 11.6. The molecule has 0 bridgehead atoms. The number of nitrogens with two attached hydrogens (primary N) is 1. The molecule has 4 N–H and O–H groups in total. The normalized spacial score (nSPS) is 14.9. The van der Waals surface area contributed by atoms with Crippen LogP contribution in [-0.2, 0) is 21.5 Å². The Labute approximate surface area is 256 Å². The van der Waals surface area contributed by atoms with Crippen molar-refractivity contribution in [2.75, 3.05) is 26.2 Å². The minimum absolute atomic E-state index is 0.0539. The number of nitrogens with zero attached hydrogens (tertiary/aromatic N) is 1. The van der Waals surface area contributed by atoms with E-state index in [1.807, 2.05) is 31.2 Å². The van der Waals surface area contributed by atoms with Gasteiger partial charge in [0.1, 0.15) is 11.6 Å². The summed E-state index contributed by atoms with van der Waals surface area (Å²) in [6.45, 7) is 6.19. The van der Waals surface area contributed by atoms with Gasteiger partial charge in [-0.1, -0.05) is 38.3 Å². The van der Waals surface area contributed by atoms with Crippen LogP contribution in [0.3, 0.4) is 0 Å². The summed E-state index contributed by atoms with van der Waals surface area (Å²) >= 11 is 0. The summed E-state index contributed by atoms with van der Waals surface area (Å²) < 4.78 is 20.6. The molecule has 0 saturated heterocycles. The van der Waals surface area contributed by atoms with Gasteiger partial charge in [-0.15, -0.1) is 6.42 Å². The maximum Gasteiger partial charge on any atom is 0.223 e. The van der Waals surface area contributed by atoms with Crippen LogP contribution in [0.4, 0.5) is 4.39 Å². The second-order valence-electron chi connectivity index (χ2n) is 11.8. The molecule has 2 amide bonds. The van der Waals surface area contributed by atoms with Crippen molar-refractivity contribution in [2.45, 2.75) is 89.7 Å². The van der Waals surface area contributed by atoms with Crippen molar-refractivity contribution in [2.24, 2.45) is 11.7 Å². The van der Waals surface area contributed by atoms with Gasteiger partial charge in [-0.2, -0.15) is 0 Å². The molecule has 1 unspecified atom stereocenters. The van der Waals surface area contributed by atoms with Crippen LogP contribution in [0.1, 0.15) is 88.3 Å². The molecule has 1 fully saturated rings. The van der Waals surface area contributed by atoms with Crippen molar-refractivity contribution in [1.82, 2.24) is 10.2 Å². The molecule has 0 spiro atoms. The Kier molecular flexibility index (Phi) is 13.5. The van der Waals surface area contributed by atoms with E-state index in [0.717, 1.165) is 55.2 Å². The second-order valence-corrected chi connectivity index (χ2v) is 11.8. The van der Waals surface area contributed by atoms with E-state index >= 15 is 0 Å². The van der Waals surface area contributed by atoms with Gasteiger partial charge in [-0.05, 0) is 86.3 Å². The molecule has 1 aliphatic rings. The number of benzene rings is 2. The van der Waals surface area contributed by atoms with E-state index in [9.17, 15) is 19.1 Å². The Morgan fingerprint density at radius 3 is 2.58 bits per heavy atom. The largest absolute Gasteiger partial charge is 0.493 e. The molecular weight excluding hydrogens is 545 g/mol. The first kappa shape index (κ1) is 34.1. The highest BCUT2D eigenvalue weighted by atomic mass is 19.1. The van der Waals surface area contributed by atoms with Gasteiger partial charge >= 0.3 is 0 Å². The lowest BCUT2D eigenvalue weighted by molar-refractivity contribution is -0.133. The fraction of sp³-hybridized carbons (Fsp3) is 0.543. The molecular formula is C35H48FN3O4. The lowest BCUT2D eigenvalue weighted by Gasteiger charge is -2.25. The van der Waals surface area contributed by atoms with Gasteiger partial charge in [0.05, 0.1) is 12.7 Å². The Morgan fingerprint density at radius 2 is 1.91 bits per heavy atom. The molecule has 1 aliphatic carbocycles. The predicted octanol–water partition coefficient (Wildman–Crippen LogP) is 5.07.